The molecule has 2 atom stereocenters. The van der Waals surface area contributed by atoms with E-state index in [4.69, 9.17) is 4.74 Å². The van der Waals surface area contributed by atoms with Crippen LogP contribution >= 0.6 is 0 Å². The molecule has 2 heteroatoms. The first-order chi connectivity index (χ1) is 7.34. The number of rotatable bonds is 7. The monoisotopic (exact) mass is 211 g/mol. The maximum atomic E-state index is 5.69. The predicted molar refractivity (Wildman–Crippen MR) is 65.0 cm³/mol. The Morgan fingerprint density at radius 3 is 2.80 bits per heavy atom. The van der Waals surface area contributed by atoms with E-state index in [1.54, 1.807) is 0 Å². The van der Waals surface area contributed by atoms with Crippen LogP contribution in [-0.4, -0.2) is 26.3 Å². The summed E-state index contributed by atoms with van der Waals surface area (Å²) in [6, 6.07) is 0. The SMILES string of the molecule is CCCNCCOCC1CC=CCC1C. The lowest BCUT2D eigenvalue weighted by Gasteiger charge is -2.24. The summed E-state index contributed by atoms with van der Waals surface area (Å²) in [6.07, 6.45) is 8.21. The van der Waals surface area contributed by atoms with E-state index in [0.29, 0.717) is 0 Å². The minimum atomic E-state index is 0.737. The van der Waals surface area contributed by atoms with Gasteiger partial charge in [0.15, 0.2) is 0 Å². The lowest BCUT2D eigenvalue weighted by atomic mass is 9.85. The first-order valence-electron chi connectivity index (χ1n) is 6.28. The van der Waals surface area contributed by atoms with Crippen molar-refractivity contribution in [3.8, 4) is 0 Å². The molecule has 0 aromatic carbocycles. The molecule has 2 nitrogen and oxygen atoms in total. The Bertz CT molecular complexity index is 179. The summed E-state index contributed by atoms with van der Waals surface area (Å²) in [6.45, 7) is 8.39. The lowest BCUT2D eigenvalue weighted by Crippen LogP contribution is -2.24. The van der Waals surface area contributed by atoms with E-state index in [1.807, 2.05) is 0 Å². The summed E-state index contributed by atoms with van der Waals surface area (Å²) >= 11 is 0. The van der Waals surface area contributed by atoms with E-state index in [0.717, 1.165) is 38.1 Å². The van der Waals surface area contributed by atoms with Gasteiger partial charge in [-0.3, -0.25) is 0 Å². The molecule has 0 fully saturated rings. The van der Waals surface area contributed by atoms with Gasteiger partial charge in [0, 0.05) is 6.54 Å². The Morgan fingerprint density at radius 2 is 2.07 bits per heavy atom. The molecule has 0 bridgehead atoms. The summed E-state index contributed by atoms with van der Waals surface area (Å²) in [7, 11) is 0. The average Bonchev–Trinajstić information content (AvgIpc) is 2.25. The van der Waals surface area contributed by atoms with Crippen molar-refractivity contribution in [2.75, 3.05) is 26.3 Å². The molecule has 0 saturated heterocycles. The van der Waals surface area contributed by atoms with Crippen LogP contribution in [0, 0.1) is 11.8 Å². The van der Waals surface area contributed by atoms with Gasteiger partial charge in [0.2, 0.25) is 0 Å². The number of hydrogen-bond donors (Lipinski definition) is 1. The fourth-order valence-electron chi connectivity index (χ4n) is 1.92. The highest BCUT2D eigenvalue weighted by atomic mass is 16.5. The Hall–Kier alpha value is -0.340. The highest BCUT2D eigenvalue weighted by molar-refractivity contribution is 4.93. The predicted octanol–water partition coefficient (Wildman–Crippen LogP) is 2.60. The Balaban J connectivity index is 1.97. The molecule has 0 heterocycles. The van der Waals surface area contributed by atoms with E-state index in [-0.39, 0.29) is 0 Å². The molecule has 0 amide bonds. The molecule has 2 unspecified atom stereocenters. The van der Waals surface area contributed by atoms with E-state index in [9.17, 15) is 0 Å². The van der Waals surface area contributed by atoms with Crippen molar-refractivity contribution < 1.29 is 4.74 Å². The largest absolute Gasteiger partial charge is 0.380 e. The fraction of sp³-hybridized carbons (Fsp3) is 0.846. The molecule has 1 aliphatic rings. The standard InChI is InChI=1S/C13H25NO/c1-3-8-14-9-10-15-11-13-7-5-4-6-12(13)2/h4-5,12-14H,3,6-11H2,1-2H3. The third-order valence-electron chi connectivity index (χ3n) is 3.10. The van der Waals surface area contributed by atoms with Crippen LogP contribution in [0.3, 0.4) is 0 Å². The van der Waals surface area contributed by atoms with Crippen LogP contribution in [0.1, 0.15) is 33.1 Å². The van der Waals surface area contributed by atoms with E-state index < -0.39 is 0 Å². The third kappa shape index (κ3) is 5.33. The van der Waals surface area contributed by atoms with Crippen LogP contribution in [-0.2, 0) is 4.74 Å². The van der Waals surface area contributed by atoms with Crippen molar-refractivity contribution in [2.45, 2.75) is 33.1 Å². The van der Waals surface area contributed by atoms with Crippen molar-refractivity contribution in [3.05, 3.63) is 12.2 Å². The van der Waals surface area contributed by atoms with Crippen LogP contribution in [0.2, 0.25) is 0 Å². The Morgan fingerprint density at radius 1 is 1.27 bits per heavy atom. The van der Waals surface area contributed by atoms with Crippen molar-refractivity contribution in [2.24, 2.45) is 11.8 Å². The molecule has 88 valence electrons. The summed E-state index contributed by atoms with van der Waals surface area (Å²) < 4.78 is 5.69. The van der Waals surface area contributed by atoms with Gasteiger partial charge in [-0.2, -0.15) is 0 Å². The zero-order valence-corrected chi connectivity index (χ0v) is 10.2. The highest BCUT2D eigenvalue weighted by Crippen LogP contribution is 2.24. The molecule has 0 aromatic rings. The highest BCUT2D eigenvalue weighted by Gasteiger charge is 2.17. The number of ether oxygens (including phenoxy) is 1. The lowest BCUT2D eigenvalue weighted by molar-refractivity contribution is 0.0809. The molecule has 1 rings (SSSR count). The quantitative estimate of drug-likeness (QED) is 0.516. The summed E-state index contributed by atoms with van der Waals surface area (Å²) in [5.41, 5.74) is 0. The molecule has 0 saturated carbocycles. The van der Waals surface area contributed by atoms with Gasteiger partial charge in [0.1, 0.15) is 0 Å². The minimum Gasteiger partial charge on any atom is -0.380 e. The van der Waals surface area contributed by atoms with Gasteiger partial charge in [-0.25, -0.2) is 0 Å². The number of allylic oxidation sites excluding steroid dienone is 2. The minimum absolute atomic E-state index is 0.737. The second-order valence-corrected chi connectivity index (χ2v) is 4.51. The second kappa shape index (κ2) is 7.89. The van der Waals surface area contributed by atoms with E-state index >= 15 is 0 Å². The summed E-state index contributed by atoms with van der Waals surface area (Å²) in [5, 5.41) is 3.35. The van der Waals surface area contributed by atoms with Gasteiger partial charge < -0.3 is 10.1 Å². The summed E-state index contributed by atoms with van der Waals surface area (Å²) in [5.74, 6) is 1.53. The van der Waals surface area contributed by atoms with Gasteiger partial charge in [-0.1, -0.05) is 26.0 Å². The smallest absolute Gasteiger partial charge is 0.0591 e. The van der Waals surface area contributed by atoms with Crippen molar-refractivity contribution >= 4 is 0 Å². The maximum Gasteiger partial charge on any atom is 0.0591 e. The van der Waals surface area contributed by atoms with Gasteiger partial charge in [-0.15, -0.1) is 0 Å². The molecule has 1 aliphatic carbocycles. The van der Waals surface area contributed by atoms with Crippen molar-refractivity contribution in [1.82, 2.24) is 5.32 Å². The molecule has 0 aliphatic heterocycles. The van der Waals surface area contributed by atoms with Crippen molar-refractivity contribution in [3.63, 3.8) is 0 Å². The van der Waals surface area contributed by atoms with Crippen LogP contribution in [0.5, 0.6) is 0 Å². The second-order valence-electron chi connectivity index (χ2n) is 4.51. The zero-order valence-electron chi connectivity index (χ0n) is 10.2. The van der Waals surface area contributed by atoms with Crippen LogP contribution in [0.4, 0.5) is 0 Å². The molecule has 0 radical (unpaired) electrons. The van der Waals surface area contributed by atoms with Gasteiger partial charge >= 0.3 is 0 Å². The maximum absolute atomic E-state index is 5.69. The van der Waals surface area contributed by atoms with Gasteiger partial charge in [0.05, 0.1) is 13.2 Å². The van der Waals surface area contributed by atoms with E-state index in [1.165, 1.54) is 19.3 Å². The molecule has 0 aromatic heterocycles. The number of hydrogen-bond acceptors (Lipinski definition) is 2. The number of nitrogens with one attached hydrogen (secondary N) is 1. The first-order valence-corrected chi connectivity index (χ1v) is 6.28. The molecule has 0 spiro atoms. The van der Waals surface area contributed by atoms with Crippen LogP contribution < -0.4 is 5.32 Å². The van der Waals surface area contributed by atoms with Gasteiger partial charge in [0.25, 0.3) is 0 Å². The van der Waals surface area contributed by atoms with Crippen LogP contribution in [0.25, 0.3) is 0 Å². The van der Waals surface area contributed by atoms with Crippen molar-refractivity contribution in [1.29, 1.82) is 0 Å². The van der Waals surface area contributed by atoms with Crippen LogP contribution in [0.15, 0.2) is 12.2 Å². The molecule has 15 heavy (non-hydrogen) atoms. The Labute approximate surface area is 94.1 Å². The topological polar surface area (TPSA) is 21.3 Å². The molecular weight excluding hydrogens is 186 g/mol. The third-order valence-corrected chi connectivity index (χ3v) is 3.10. The van der Waals surface area contributed by atoms with E-state index in [2.05, 4.69) is 31.3 Å². The zero-order chi connectivity index (χ0) is 10.9. The molecular formula is C13H25NO. The fourth-order valence-corrected chi connectivity index (χ4v) is 1.92. The van der Waals surface area contributed by atoms with Gasteiger partial charge in [-0.05, 0) is 37.6 Å². The average molecular weight is 211 g/mol. The normalized spacial score (nSPS) is 25.7. The Kier molecular flexibility index (Phi) is 6.69. The summed E-state index contributed by atoms with van der Waals surface area (Å²) in [4.78, 5) is 0. The first kappa shape index (κ1) is 12.7. The molecule has 1 N–H and O–H groups in total.